The minimum atomic E-state index is -4.66. The molecule has 0 atom stereocenters. The number of benzene rings is 1. The van der Waals surface area contributed by atoms with Crippen molar-refractivity contribution in [3.8, 4) is 5.75 Å². The molecule has 2 nitrogen and oxygen atoms in total. The second-order valence-corrected chi connectivity index (χ2v) is 3.86. The summed E-state index contributed by atoms with van der Waals surface area (Å²) in [5.41, 5.74) is 1.63. The van der Waals surface area contributed by atoms with Crippen LogP contribution in [0.2, 0.25) is 0 Å². The fourth-order valence-electron chi connectivity index (χ4n) is 1.53. The summed E-state index contributed by atoms with van der Waals surface area (Å²) >= 11 is 0. The lowest BCUT2D eigenvalue weighted by Crippen LogP contribution is -2.18. The molecule has 0 N–H and O–H groups in total. The molecule has 0 aromatic heterocycles. The van der Waals surface area contributed by atoms with E-state index in [-0.39, 0.29) is 5.75 Å². The molecule has 0 saturated heterocycles. The molecule has 1 aromatic rings. The number of allylic oxidation sites excluding steroid dienone is 2. The highest BCUT2D eigenvalue weighted by molar-refractivity contribution is 5.54. The van der Waals surface area contributed by atoms with Gasteiger partial charge in [0.1, 0.15) is 5.75 Å². The topological polar surface area (TPSA) is 12.5 Å². The zero-order valence-electron chi connectivity index (χ0n) is 10.6. The third-order valence-corrected chi connectivity index (χ3v) is 2.47. The van der Waals surface area contributed by atoms with Crippen LogP contribution in [0.4, 0.5) is 18.9 Å². The summed E-state index contributed by atoms with van der Waals surface area (Å²) in [7, 11) is 1.80. The number of rotatable bonds is 4. The zero-order valence-corrected chi connectivity index (χ0v) is 10.6. The first kappa shape index (κ1) is 14.4. The molecule has 0 unspecified atom stereocenters. The Morgan fingerprint density at radius 2 is 2.06 bits per heavy atom. The van der Waals surface area contributed by atoms with Crippen LogP contribution >= 0.6 is 0 Å². The van der Waals surface area contributed by atoms with Crippen LogP contribution in [0.5, 0.6) is 5.75 Å². The van der Waals surface area contributed by atoms with E-state index in [1.165, 1.54) is 18.2 Å². The predicted octanol–water partition coefficient (Wildman–Crippen LogP) is 4.34. The lowest BCUT2D eigenvalue weighted by atomic mass is 10.2. The van der Waals surface area contributed by atoms with Crippen LogP contribution in [-0.4, -0.2) is 13.4 Å². The molecule has 100 valence electrons. The molecule has 0 aliphatic carbocycles. The monoisotopic (exact) mass is 259 g/mol. The van der Waals surface area contributed by atoms with Gasteiger partial charge in [-0.3, -0.25) is 0 Å². The van der Waals surface area contributed by atoms with Crippen molar-refractivity contribution in [2.24, 2.45) is 0 Å². The van der Waals surface area contributed by atoms with Gasteiger partial charge < -0.3 is 9.64 Å². The van der Waals surface area contributed by atoms with Gasteiger partial charge in [0, 0.05) is 24.5 Å². The molecule has 0 bridgehead atoms. The summed E-state index contributed by atoms with van der Waals surface area (Å²) in [6, 6.07) is 5.91. The predicted molar refractivity (Wildman–Crippen MR) is 65.6 cm³/mol. The zero-order chi connectivity index (χ0) is 13.8. The van der Waals surface area contributed by atoms with Gasteiger partial charge in [0.25, 0.3) is 0 Å². The number of alkyl halides is 3. The molecule has 1 aromatic carbocycles. The Bertz CT molecular complexity index is 426. The minimum Gasteiger partial charge on any atom is -0.406 e. The molecule has 0 aliphatic heterocycles. The molecule has 1 rings (SSSR count). The second-order valence-electron chi connectivity index (χ2n) is 3.86. The highest BCUT2D eigenvalue weighted by atomic mass is 19.4. The molecule has 0 fully saturated rings. The van der Waals surface area contributed by atoms with E-state index < -0.39 is 6.36 Å². The molecule has 0 radical (unpaired) electrons. The summed E-state index contributed by atoms with van der Waals surface area (Å²) in [6.07, 6.45) is -1.79. The van der Waals surface area contributed by atoms with Crippen molar-refractivity contribution in [1.82, 2.24) is 0 Å². The number of ether oxygens (including phenoxy) is 1. The lowest BCUT2D eigenvalue weighted by Gasteiger charge is -2.21. The van der Waals surface area contributed by atoms with E-state index in [0.717, 1.165) is 12.1 Å². The number of anilines is 1. The van der Waals surface area contributed by atoms with Gasteiger partial charge in [-0.2, -0.15) is 0 Å². The smallest absolute Gasteiger partial charge is 0.406 e. The first-order chi connectivity index (χ1) is 8.33. The number of nitrogens with zero attached hydrogens (tertiary/aromatic N) is 1. The number of hydrogen-bond donors (Lipinski definition) is 0. The van der Waals surface area contributed by atoms with Crippen molar-refractivity contribution >= 4 is 5.69 Å². The van der Waals surface area contributed by atoms with Crippen LogP contribution < -0.4 is 9.64 Å². The maximum atomic E-state index is 12.1. The summed E-state index contributed by atoms with van der Waals surface area (Å²) < 4.78 is 40.2. The Kier molecular flexibility index (Phi) is 4.64. The first-order valence-corrected chi connectivity index (χ1v) is 5.60. The van der Waals surface area contributed by atoms with Crippen molar-refractivity contribution in [2.75, 3.05) is 11.9 Å². The molecular weight excluding hydrogens is 243 g/mol. The summed E-state index contributed by atoms with van der Waals surface area (Å²) in [4.78, 5) is 1.81. The third kappa shape index (κ3) is 4.31. The van der Waals surface area contributed by atoms with Crippen molar-refractivity contribution in [3.63, 3.8) is 0 Å². The van der Waals surface area contributed by atoms with Gasteiger partial charge >= 0.3 is 6.36 Å². The normalized spacial score (nSPS) is 12.4. The van der Waals surface area contributed by atoms with Gasteiger partial charge in [0.15, 0.2) is 0 Å². The standard InChI is InChI=1S/C13H16F3NO/c1-4-6-10(2)17(3)11-7-5-8-12(9-11)18-13(14,15)16/h5-9H,4H2,1-3H3/b10-6-. The van der Waals surface area contributed by atoms with Crippen molar-refractivity contribution in [2.45, 2.75) is 26.6 Å². The molecule has 0 aliphatic rings. The van der Waals surface area contributed by atoms with E-state index in [4.69, 9.17) is 0 Å². The fourth-order valence-corrected chi connectivity index (χ4v) is 1.53. The number of halogens is 3. The maximum Gasteiger partial charge on any atom is 0.573 e. The summed E-state index contributed by atoms with van der Waals surface area (Å²) in [6.45, 7) is 3.90. The Morgan fingerprint density at radius 1 is 1.39 bits per heavy atom. The molecule has 0 spiro atoms. The highest BCUT2D eigenvalue weighted by Crippen LogP contribution is 2.27. The number of hydrogen-bond acceptors (Lipinski definition) is 2. The maximum absolute atomic E-state index is 12.1. The first-order valence-electron chi connectivity index (χ1n) is 5.60. The van der Waals surface area contributed by atoms with Crippen LogP contribution in [-0.2, 0) is 0 Å². The Hall–Kier alpha value is -1.65. The average molecular weight is 259 g/mol. The summed E-state index contributed by atoms with van der Waals surface area (Å²) in [5.74, 6) is -0.212. The molecule has 0 amide bonds. The van der Waals surface area contributed by atoms with E-state index in [1.54, 1.807) is 13.1 Å². The van der Waals surface area contributed by atoms with Crippen molar-refractivity contribution < 1.29 is 17.9 Å². The van der Waals surface area contributed by atoms with Gasteiger partial charge in [0.05, 0.1) is 0 Å². The molecule has 5 heteroatoms. The van der Waals surface area contributed by atoms with E-state index in [0.29, 0.717) is 5.69 Å². The minimum absolute atomic E-state index is 0.212. The van der Waals surface area contributed by atoms with Crippen LogP contribution in [0.1, 0.15) is 20.3 Å². The lowest BCUT2D eigenvalue weighted by molar-refractivity contribution is -0.274. The van der Waals surface area contributed by atoms with E-state index >= 15 is 0 Å². The summed E-state index contributed by atoms with van der Waals surface area (Å²) in [5, 5.41) is 0. The molecule has 18 heavy (non-hydrogen) atoms. The Morgan fingerprint density at radius 3 is 2.61 bits per heavy atom. The molecule has 0 heterocycles. The van der Waals surface area contributed by atoms with Gasteiger partial charge in [-0.25, -0.2) is 0 Å². The fraction of sp³-hybridized carbons (Fsp3) is 0.385. The highest BCUT2D eigenvalue weighted by Gasteiger charge is 2.31. The Labute approximate surface area is 105 Å². The largest absolute Gasteiger partial charge is 0.573 e. The van der Waals surface area contributed by atoms with Crippen molar-refractivity contribution in [1.29, 1.82) is 0 Å². The van der Waals surface area contributed by atoms with E-state index in [9.17, 15) is 13.2 Å². The van der Waals surface area contributed by atoms with Gasteiger partial charge in [-0.1, -0.05) is 19.1 Å². The second kappa shape index (κ2) is 5.80. The SMILES string of the molecule is CC/C=C(/C)N(C)c1cccc(OC(F)(F)F)c1. The quantitative estimate of drug-likeness (QED) is 0.797. The average Bonchev–Trinajstić information content (AvgIpc) is 2.26. The van der Waals surface area contributed by atoms with E-state index in [1.807, 2.05) is 24.8 Å². The van der Waals surface area contributed by atoms with Crippen LogP contribution in [0.25, 0.3) is 0 Å². The molecular formula is C13H16F3NO. The molecule has 0 saturated carbocycles. The Balaban J connectivity index is 2.91. The third-order valence-electron chi connectivity index (χ3n) is 2.47. The van der Waals surface area contributed by atoms with Gasteiger partial charge in [0.2, 0.25) is 0 Å². The van der Waals surface area contributed by atoms with Crippen LogP contribution in [0.3, 0.4) is 0 Å². The van der Waals surface area contributed by atoms with Crippen LogP contribution in [0.15, 0.2) is 36.0 Å². The van der Waals surface area contributed by atoms with E-state index in [2.05, 4.69) is 4.74 Å². The van der Waals surface area contributed by atoms with Crippen molar-refractivity contribution in [3.05, 3.63) is 36.0 Å². The van der Waals surface area contributed by atoms with Gasteiger partial charge in [-0.05, 0) is 25.5 Å². The van der Waals surface area contributed by atoms with Crippen LogP contribution in [0, 0.1) is 0 Å². The van der Waals surface area contributed by atoms with Gasteiger partial charge in [-0.15, -0.1) is 13.2 Å².